The number of nitrogens with zero attached hydrogens (tertiary/aromatic N) is 2. The van der Waals surface area contributed by atoms with E-state index in [9.17, 15) is 4.79 Å². The van der Waals surface area contributed by atoms with E-state index in [-0.39, 0.29) is 18.1 Å². The van der Waals surface area contributed by atoms with Crippen LogP contribution >= 0.6 is 0 Å². The predicted molar refractivity (Wildman–Crippen MR) is 87.6 cm³/mol. The number of rotatable bonds is 6. The number of fused-ring (bicyclic) bond motifs is 1. The van der Waals surface area contributed by atoms with Crippen molar-refractivity contribution in [3.05, 3.63) is 17.0 Å². The summed E-state index contributed by atoms with van der Waals surface area (Å²) < 4.78 is 16.3. The number of aromatic nitrogens is 1. The van der Waals surface area contributed by atoms with Crippen LogP contribution in [0.3, 0.4) is 0 Å². The molecule has 134 valence electrons. The molecule has 0 saturated carbocycles. The van der Waals surface area contributed by atoms with Gasteiger partial charge in [0.15, 0.2) is 0 Å². The lowest BCUT2D eigenvalue weighted by atomic mass is 9.98. The van der Waals surface area contributed by atoms with Crippen molar-refractivity contribution in [2.24, 2.45) is 0 Å². The van der Waals surface area contributed by atoms with Gasteiger partial charge in [-0.25, -0.2) is 0 Å². The second kappa shape index (κ2) is 7.63. The summed E-state index contributed by atoms with van der Waals surface area (Å²) in [5, 5.41) is 6.91. The standard InChI is InChI=1S/C17H27N3O4/c1-11-13(12(2)24-19-11)10-20-8-6-15-14(20)4-5-16(23-15)17(21)18-7-9-22-3/h14-16H,4-10H2,1-3H3,(H,18,21)/t14-,15-,16-/m0/s1. The maximum atomic E-state index is 12.2. The van der Waals surface area contributed by atoms with E-state index in [1.54, 1.807) is 7.11 Å². The van der Waals surface area contributed by atoms with Crippen LogP contribution in [0.2, 0.25) is 0 Å². The van der Waals surface area contributed by atoms with Gasteiger partial charge < -0.3 is 19.3 Å². The molecule has 3 heterocycles. The van der Waals surface area contributed by atoms with Crippen molar-refractivity contribution in [3.63, 3.8) is 0 Å². The van der Waals surface area contributed by atoms with E-state index in [1.807, 2.05) is 13.8 Å². The monoisotopic (exact) mass is 337 g/mol. The molecule has 0 aromatic carbocycles. The molecule has 2 saturated heterocycles. The molecule has 2 fully saturated rings. The first-order chi connectivity index (χ1) is 11.6. The van der Waals surface area contributed by atoms with Crippen molar-refractivity contribution >= 4 is 5.91 Å². The molecule has 0 radical (unpaired) electrons. The first-order valence-corrected chi connectivity index (χ1v) is 8.68. The molecule has 2 aliphatic heterocycles. The molecule has 1 aromatic rings. The van der Waals surface area contributed by atoms with Crippen LogP contribution in [0.25, 0.3) is 0 Å². The topological polar surface area (TPSA) is 76.8 Å². The Morgan fingerprint density at radius 3 is 2.92 bits per heavy atom. The number of hydrogen-bond acceptors (Lipinski definition) is 6. The molecule has 1 aromatic heterocycles. The predicted octanol–water partition coefficient (Wildman–Crippen LogP) is 1.18. The van der Waals surface area contributed by atoms with Gasteiger partial charge in [0.1, 0.15) is 11.9 Å². The van der Waals surface area contributed by atoms with E-state index in [4.69, 9.17) is 14.0 Å². The third kappa shape index (κ3) is 3.63. The van der Waals surface area contributed by atoms with Gasteiger partial charge >= 0.3 is 0 Å². The Morgan fingerprint density at radius 2 is 2.21 bits per heavy atom. The smallest absolute Gasteiger partial charge is 0.249 e. The van der Waals surface area contributed by atoms with Crippen LogP contribution in [0.1, 0.15) is 36.3 Å². The fourth-order valence-electron chi connectivity index (χ4n) is 3.72. The highest BCUT2D eigenvalue weighted by molar-refractivity contribution is 5.80. The Labute approximate surface area is 142 Å². The summed E-state index contributed by atoms with van der Waals surface area (Å²) in [5.41, 5.74) is 2.14. The zero-order chi connectivity index (χ0) is 17.1. The minimum atomic E-state index is -0.331. The summed E-state index contributed by atoms with van der Waals surface area (Å²) in [6, 6.07) is 0.377. The molecule has 7 nitrogen and oxygen atoms in total. The summed E-state index contributed by atoms with van der Waals surface area (Å²) >= 11 is 0. The zero-order valence-corrected chi connectivity index (χ0v) is 14.7. The molecule has 2 aliphatic rings. The summed E-state index contributed by atoms with van der Waals surface area (Å²) in [4.78, 5) is 14.6. The molecule has 1 amide bonds. The third-order valence-corrected chi connectivity index (χ3v) is 5.10. The molecular formula is C17H27N3O4. The molecular weight excluding hydrogens is 310 g/mol. The minimum Gasteiger partial charge on any atom is -0.383 e. The van der Waals surface area contributed by atoms with Crippen molar-refractivity contribution in [2.75, 3.05) is 26.8 Å². The fraction of sp³-hybridized carbons (Fsp3) is 0.765. The van der Waals surface area contributed by atoms with Crippen molar-refractivity contribution in [3.8, 4) is 0 Å². The maximum absolute atomic E-state index is 12.2. The van der Waals surface area contributed by atoms with Gasteiger partial charge in [-0.15, -0.1) is 0 Å². The molecule has 0 aliphatic carbocycles. The molecule has 3 atom stereocenters. The Balaban J connectivity index is 1.54. The molecule has 0 spiro atoms. The molecule has 24 heavy (non-hydrogen) atoms. The highest BCUT2D eigenvalue weighted by Gasteiger charge is 2.41. The van der Waals surface area contributed by atoms with Gasteiger partial charge in [0, 0.05) is 38.3 Å². The summed E-state index contributed by atoms with van der Waals surface area (Å²) in [5.74, 6) is 0.873. The normalized spacial score (nSPS) is 27.2. The van der Waals surface area contributed by atoms with E-state index in [0.29, 0.717) is 19.2 Å². The summed E-state index contributed by atoms with van der Waals surface area (Å²) in [6.07, 6.45) is 2.52. The summed E-state index contributed by atoms with van der Waals surface area (Å²) in [7, 11) is 1.62. The second-order valence-electron chi connectivity index (χ2n) is 6.65. The van der Waals surface area contributed by atoms with Crippen LogP contribution in [0, 0.1) is 13.8 Å². The van der Waals surface area contributed by atoms with Crippen LogP contribution in [0.5, 0.6) is 0 Å². The molecule has 7 heteroatoms. The first-order valence-electron chi connectivity index (χ1n) is 8.68. The molecule has 1 N–H and O–H groups in total. The lowest BCUT2D eigenvalue weighted by Crippen LogP contribution is -2.48. The number of carbonyl (C=O) groups excluding carboxylic acids is 1. The van der Waals surface area contributed by atoms with E-state index < -0.39 is 0 Å². The highest BCUT2D eigenvalue weighted by atomic mass is 16.5. The van der Waals surface area contributed by atoms with E-state index >= 15 is 0 Å². The average molecular weight is 337 g/mol. The number of carbonyl (C=O) groups is 1. The number of nitrogens with one attached hydrogen (secondary N) is 1. The van der Waals surface area contributed by atoms with Crippen LogP contribution in [-0.4, -0.2) is 61.0 Å². The quantitative estimate of drug-likeness (QED) is 0.786. The van der Waals surface area contributed by atoms with Crippen molar-refractivity contribution in [1.29, 1.82) is 0 Å². The van der Waals surface area contributed by atoms with Crippen LogP contribution in [0.15, 0.2) is 4.52 Å². The number of aryl methyl sites for hydroxylation is 2. The van der Waals surface area contributed by atoms with Crippen LogP contribution in [-0.2, 0) is 20.8 Å². The Hall–Kier alpha value is -1.44. The van der Waals surface area contributed by atoms with Gasteiger partial charge in [-0.1, -0.05) is 5.16 Å². The minimum absolute atomic E-state index is 0.0188. The van der Waals surface area contributed by atoms with E-state index in [2.05, 4.69) is 15.4 Å². The van der Waals surface area contributed by atoms with Crippen LogP contribution < -0.4 is 5.32 Å². The van der Waals surface area contributed by atoms with Crippen molar-refractivity contribution in [2.45, 2.75) is 57.9 Å². The second-order valence-corrected chi connectivity index (χ2v) is 6.65. The van der Waals surface area contributed by atoms with Crippen molar-refractivity contribution in [1.82, 2.24) is 15.4 Å². The number of methoxy groups -OCH3 is 1. The fourth-order valence-corrected chi connectivity index (χ4v) is 3.72. The van der Waals surface area contributed by atoms with Gasteiger partial charge in [0.25, 0.3) is 0 Å². The number of hydrogen-bond donors (Lipinski definition) is 1. The van der Waals surface area contributed by atoms with Gasteiger partial charge in [0.05, 0.1) is 18.4 Å². The number of amides is 1. The van der Waals surface area contributed by atoms with Crippen molar-refractivity contribution < 1.29 is 18.8 Å². The SMILES string of the molecule is COCCNC(=O)[C@@H]1CC[C@H]2[C@H](CCN2Cc2c(C)noc2C)O1. The lowest BCUT2D eigenvalue weighted by Gasteiger charge is -2.35. The number of ether oxygens (including phenoxy) is 2. The van der Waals surface area contributed by atoms with Gasteiger partial charge in [-0.3, -0.25) is 9.69 Å². The van der Waals surface area contributed by atoms with Gasteiger partial charge in [-0.05, 0) is 33.1 Å². The molecule has 3 rings (SSSR count). The lowest BCUT2D eigenvalue weighted by molar-refractivity contribution is -0.144. The Bertz CT molecular complexity index is 555. The zero-order valence-electron chi connectivity index (χ0n) is 14.7. The first kappa shape index (κ1) is 17.4. The number of likely N-dealkylation sites (tertiary alicyclic amines) is 1. The highest BCUT2D eigenvalue weighted by Crippen LogP contribution is 2.33. The Morgan fingerprint density at radius 1 is 1.38 bits per heavy atom. The Kier molecular flexibility index (Phi) is 5.53. The average Bonchev–Trinajstić information content (AvgIpc) is 3.13. The molecule has 0 bridgehead atoms. The van der Waals surface area contributed by atoms with Crippen LogP contribution in [0.4, 0.5) is 0 Å². The summed E-state index contributed by atoms with van der Waals surface area (Å²) in [6.45, 7) is 6.82. The van der Waals surface area contributed by atoms with E-state index in [1.165, 1.54) is 5.56 Å². The van der Waals surface area contributed by atoms with Gasteiger partial charge in [-0.2, -0.15) is 0 Å². The van der Waals surface area contributed by atoms with Gasteiger partial charge in [0.2, 0.25) is 5.91 Å². The maximum Gasteiger partial charge on any atom is 0.249 e. The largest absolute Gasteiger partial charge is 0.383 e. The molecule has 0 unspecified atom stereocenters. The van der Waals surface area contributed by atoms with E-state index in [0.717, 1.165) is 43.8 Å². The third-order valence-electron chi connectivity index (χ3n) is 5.10.